The fraction of sp³-hybridized carbons (Fsp3) is 0.0870. The number of phenols is 1. The molecule has 1 heterocycles. The van der Waals surface area contributed by atoms with Crippen LogP contribution in [-0.2, 0) is 6.54 Å². The minimum atomic E-state index is 0.259. The Hall–Kier alpha value is -3.33. The highest BCUT2D eigenvalue weighted by molar-refractivity contribution is 5.82. The van der Waals surface area contributed by atoms with Crippen molar-refractivity contribution in [2.45, 2.75) is 13.5 Å². The van der Waals surface area contributed by atoms with Crippen molar-refractivity contribution in [3.8, 4) is 39.7 Å². The Kier molecular flexibility index (Phi) is 4.28. The van der Waals surface area contributed by atoms with Gasteiger partial charge in [0.15, 0.2) is 0 Å². The second-order valence-electron chi connectivity index (χ2n) is 6.16. The summed E-state index contributed by atoms with van der Waals surface area (Å²) in [5, 5.41) is 9.62. The number of hydrogen-bond donors (Lipinski definition) is 1. The van der Waals surface area contributed by atoms with Crippen LogP contribution in [-0.4, -0.2) is 14.7 Å². The van der Waals surface area contributed by atoms with Crippen molar-refractivity contribution >= 4 is 0 Å². The van der Waals surface area contributed by atoms with E-state index in [4.69, 9.17) is 4.98 Å². The maximum absolute atomic E-state index is 9.62. The minimum Gasteiger partial charge on any atom is -0.508 e. The third-order valence-corrected chi connectivity index (χ3v) is 4.50. The summed E-state index contributed by atoms with van der Waals surface area (Å²) in [5.74, 6) is 1.17. The molecule has 1 aromatic heterocycles. The van der Waals surface area contributed by atoms with Crippen LogP contribution in [0.15, 0.2) is 84.9 Å². The average molecular weight is 340 g/mol. The topological polar surface area (TPSA) is 38.0 Å². The van der Waals surface area contributed by atoms with Gasteiger partial charge in [-0.1, -0.05) is 60.7 Å². The van der Waals surface area contributed by atoms with Crippen LogP contribution in [0.3, 0.4) is 0 Å². The normalized spacial score (nSPS) is 10.8. The van der Waals surface area contributed by atoms with Gasteiger partial charge in [-0.05, 0) is 31.2 Å². The summed E-state index contributed by atoms with van der Waals surface area (Å²) in [7, 11) is 0. The summed E-state index contributed by atoms with van der Waals surface area (Å²) in [4.78, 5) is 5.01. The van der Waals surface area contributed by atoms with Crippen LogP contribution in [0.1, 0.15) is 6.92 Å². The Labute approximate surface area is 153 Å². The van der Waals surface area contributed by atoms with Crippen molar-refractivity contribution in [1.29, 1.82) is 0 Å². The first kappa shape index (κ1) is 16.2. The van der Waals surface area contributed by atoms with Gasteiger partial charge in [-0.25, -0.2) is 4.98 Å². The van der Waals surface area contributed by atoms with Gasteiger partial charge in [0.2, 0.25) is 0 Å². The molecule has 128 valence electrons. The van der Waals surface area contributed by atoms with Gasteiger partial charge < -0.3 is 9.67 Å². The number of rotatable bonds is 4. The molecule has 0 aliphatic rings. The lowest BCUT2D eigenvalue weighted by atomic mass is 10.0. The molecule has 0 saturated heterocycles. The summed E-state index contributed by atoms with van der Waals surface area (Å²) < 4.78 is 2.24. The van der Waals surface area contributed by atoms with Crippen molar-refractivity contribution in [2.24, 2.45) is 0 Å². The summed E-state index contributed by atoms with van der Waals surface area (Å²) in [6, 6.07) is 27.9. The standard InChI is InChI=1S/C23H20N2O/c1-2-25-22(18-11-7-4-8-12-18)21(17-9-5-3-6-10-17)24-23(25)19-13-15-20(26)16-14-19/h3-16,26H,2H2,1H3. The first-order chi connectivity index (χ1) is 12.8. The Morgan fingerprint density at radius 1 is 0.731 bits per heavy atom. The molecule has 4 aromatic rings. The molecular formula is C23H20N2O. The number of nitrogens with zero attached hydrogens (tertiary/aromatic N) is 2. The van der Waals surface area contributed by atoms with Crippen LogP contribution in [0.2, 0.25) is 0 Å². The molecule has 0 saturated carbocycles. The fourth-order valence-electron chi connectivity index (χ4n) is 3.28. The fourth-order valence-corrected chi connectivity index (χ4v) is 3.28. The SMILES string of the molecule is CCn1c(-c2ccc(O)cc2)nc(-c2ccccc2)c1-c1ccccc1. The Balaban J connectivity index is 2.00. The van der Waals surface area contributed by atoms with Gasteiger partial charge in [-0.2, -0.15) is 0 Å². The average Bonchev–Trinajstić information content (AvgIpc) is 3.09. The predicted octanol–water partition coefficient (Wildman–Crippen LogP) is 5.61. The smallest absolute Gasteiger partial charge is 0.141 e. The second-order valence-corrected chi connectivity index (χ2v) is 6.16. The number of benzene rings is 3. The van der Waals surface area contributed by atoms with E-state index >= 15 is 0 Å². The second kappa shape index (κ2) is 6.89. The Morgan fingerprint density at radius 2 is 1.31 bits per heavy atom. The predicted molar refractivity (Wildman–Crippen MR) is 106 cm³/mol. The Bertz CT molecular complexity index is 1000. The molecule has 0 amide bonds. The highest BCUT2D eigenvalue weighted by atomic mass is 16.3. The van der Waals surface area contributed by atoms with E-state index in [1.54, 1.807) is 12.1 Å². The Morgan fingerprint density at radius 3 is 1.88 bits per heavy atom. The van der Waals surface area contributed by atoms with Crippen LogP contribution in [0.5, 0.6) is 5.75 Å². The van der Waals surface area contributed by atoms with E-state index in [0.717, 1.165) is 40.4 Å². The van der Waals surface area contributed by atoms with Gasteiger partial charge in [-0.15, -0.1) is 0 Å². The van der Waals surface area contributed by atoms with Crippen LogP contribution < -0.4 is 0 Å². The minimum absolute atomic E-state index is 0.259. The van der Waals surface area contributed by atoms with E-state index in [9.17, 15) is 5.11 Å². The molecule has 3 aromatic carbocycles. The van der Waals surface area contributed by atoms with Crippen LogP contribution in [0.25, 0.3) is 33.9 Å². The van der Waals surface area contributed by atoms with E-state index in [2.05, 4.69) is 47.9 Å². The summed E-state index contributed by atoms with van der Waals surface area (Å²) in [6.45, 7) is 2.94. The van der Waals surface area contributed by atoms with Crippen molar-refractivity contribution in [3.63, 3.8) is 0 Å². The molecule has 0 bridgehead atoms. The third-order valence-electron chi connectivity index (χ3n) is 4.50. The molecule has 0 radical (unpaired) electrons. The molecule has 1 N–H and O–H groups in total. The first-order valence-electron chi connectivity index (χ1n) is 8.78. The largest absolute Gasteiger partial charge is 0.508 e. The monoisotopic (exact) mass is 340 g/mol. The number of phenolic OH excluding ortho intramolecular Hbond substituents is 1. The summed E-state index contributed by atoms with van der Waals surface area (Å²) in [5.41, 5.74) is 5.32. The maximum atomic E-state index is 9.62. The summed E-state index contributed by atoms with van der Waals surface area (Å²) >= 11 is 0. The molecule has 0 fully saturated rings. The maximum Gasteiger partial charge on any atom is 0.141 e. The van der Waals surface area contributed by atoms with Gasteiger partial charge in [0.1, 0.15) is 11.6 Å². The van der Waals surface area contributed by atoms with Crippen molar-refractivity contribution in [2.75, 3.05) is 0 Å². The number of aromatic nitrogens is 2. The van der Waals surface area contributed by atoms with Crippen molar-refractivity contribution in [1.82, 2.24) is 9.55 Å². The number of imidazole rings is 1. The van der Waals surface area contributed by atoms with Crippen molar-refractivity contribution in [3.05, 3.63) is 84.9 Å². The van der Waals surface area contributed by atoms with E-state index in [1.807, 2.05) is 36.4 Å². The van der Waals surface area contributed by atoms with Gasteiger partial charge >= 0.3 is 0 Å². The highest BCUT2D eigenvalue weighted by Crippen LogP contribution is 2.36. The van der Waals surface area contributed by atoms with Crippen molar-refractivity contribution < 1.29 is 5.11 Å². The molecule has 0 unspecified atom stereocenters. The quantitative estimate of drug-likeness (QED) is 0.524. The van der Waals surface area contributed by atoms with E-state index in [-0.39, 0.29) is 5.75 Å². The van der Waals surface area contributed by atoms with Crippen LogP contribution in [0.4, 0.5) is 0 Å². The molecular weight excluding hydrogens is 320 g/mol. The molecule has 0 spiro atoms. The highest BCUT2D eigenvalue weighted by Gasteiger charge is 2.20. The van der Waals surface area contributed by atoms with E-state index in [0.29, 0.717) is 0 Å². The first-order valence-corrected chi connectivity index (χ1v) is 8.78. The molecule has 26 heavy (non-hydrogen) atoms. The van der Waals surface area contributed by atoms with Gasteiger partial charge in [-0.3, -0.25) is 0 Å². The molecule has 3 heteroatoms. The van der Waals surface area contributed by atoms with Crippen LogP contribution >= 0.6 is 0 Å². The van der Waals surface area contributed by atoms with Gasteiger partial charge in [0.05, 0.1) is 11.4 Å². The number of aromatic hydroxyl groups is 1. The summed E-state index contributed by atoms with van der Waals surface area (Å²) in [6.07, 6.45) is 0. The zero-order valence-electron chi connectivity index (χ0n) is 14.6. The zero-order valence-corrected chi connectivity index (χ0v) is 14.6. The lowest BCUT2D eigenvalue weighted by Gasteiger charge is -2.11. The van der Waals surface area contributed by atoms with E-state index in [1.165, 1.54) is 0 Å². The third kappa shape index (κ3) is 2.88. The lowest BCUT2D eigenvalue weighted by Crippen LogP contribution is -2.00. The molecule has 3 nitrogen and oxygen atoms in total. The molecule has 0 aliphatic carbocycles. The van der Waals surface area contributed by atoms with Crippen LogP contribution in [0, 0.1) is 0 Å². The number of hydrogen-bond acceptors (Lipinski definition) is 2. The van der Waals surface area contributed by atoms with E-state index < -0.39 is 0 Å². The molecule has 0 aliphatic heterocycles. The molecule has 0 atom stereocenters. The van der Waals surface area contributed by atoms with Gasteiger partial charge in [0, 0.05) is 23.2 Å². The lowest BCUT2D eigenvalue weighted by molar-refractivity contribution is 0.475. The zero-order chi connectivity index (χ0) is 17.9. The van der Waals surface area contributed by atoms with Gasteiger partial charge in [0.25, 0.3) is 0 Å². The molecule has 4 rings (SSSR count).